The van der Waals surface area contributed by atoms with Crippen LogP contribution in [0.25, 0.3) is 11.4 Å². The van der Waals surface area contributed by atoms with Crippen LogP contribution in [0.4, 0.5) is 16.3 Å². The zero-order valence-corrected chi connectivity index (χ0v) is 15.7. The molecule has 0 aliphatic carbocycles. The zero-order valence-electron chi connectivity index (χ0n) is 15.7. The largest absolute Gasteiger partial charge is 0.353 e. The van der Waals surface area contributed by atoms with Crippen LogP contribution in [0.15, 0.2) is 53.2 Å². The van der Waals surface area contributed by atoms with Crippen LogP contribution in [0.3, 0.4) is 0 Å². The fraction of sp³-hybridized carbons (Fsp3) is 0.300. The summed E-state index contributed by atoms with van der Waals surface area (Å²) in [6, 6.07) is 13.3. The normalized spacial score (nSPS) is 14.2. The highest BCUT2D eigenvalue weighted by molar-refractivity contribution is 5.89. The molecular weight excluding hydrogens is 356 g/mol. The van der Waals surface area contributed by atoms with Crippen LogP contribution >= 0.6 is 0 Å². The highest BCUT2D eigenvalue weighted by Gasteiger charge is 2.22. The Morgan fingerprint density at radius 1 is 1.11 bits per heavy atom. The van der Waals surface area contributed by atoms with Gasteiger partial charge in [0.2, 0.25) is 11.7 Å². The first kappa shape index (κ1) is 18.0. The van der Waals surface area contributed by atoms with Crippen molar-refractivity contribution in [1.82, 2.24) is 20.0 Å². The predicted molar refractivity (Wildman–Crippen MR) is 106 cm³/mol. The minimum atomic E-state index is -0.0713. The van der Waals surface area contributed by atoms with E-state index in [4.69, 9.17) is 4.52 Å². The second kappa shape index (κ2) is 8.08. The Morgan fingerprint density at radius 2 is 1.89 bits per heavy atom. The van der Waals surface area contributed by atoms with E-state index in [1.165, 1.54) is 0 Å². The Morgan fingerprint density at radius 3 is 2.54 bits per heavy atom. The summed E-state index contributed by atoms with van der Waals surface area (Å²) in [5.41, 5.74) is 1.63. The van der Waals surface area contributed by atoms with Gasteiger partial charge in [-0.2, -0.15) is 4.98 Å². The first-order chi connectivity index (χ1) is 13.7. The van der Waals surface area contributed by atoms with E-state index >= 15 is 0 Å². The van der Waals surface area contributed by atoms with Gasteiger partial charge < -0.3 is 19.6 Å². The lowest BCUT2D eigenvalue weighted by Gasteiger charge is -2.35. The number of amides is 2. The van der Waals surface area contributed by atoms with Gasteiger partial charge in [0.15, 0.2) is 0 Å². The van der Waals surface area contributed by atoms with Crippen molar-refractivity contribution < 1.29 is 9.32 Å². The van der Waals surface area contributed by atoms with E-state index in [1.807, 2.05) is 54.3 Å². The van der Waals surface area contributed by atoms with Gasteiger partial charge in [-0.1, -0.05) is 30.3 Å². The Kier molecular flexibility index (Phi) is 5.18. The number of carbonyl (C=O) groups is 1. The first-order valence-electron chi connectivity index (χ1n) is 9.38. The molecular formula is C20H22N6O2. The fourth-order valence-electron chi connectivity index (χ4n) is 3.08. The van der Waals surface area contributed by atoms with Crippen molar-refractivity contribution in [3.8, 4) is 11.4 Å². The monoisotopic (exact) mass is 378 g/mol. The SMILES string of the molecule is CCc1nc(-c2ccc(N3CCN(C(=O)Nc4ccccc4)CC3)nc2)no1. The lowest BCUT2D eigenvalue weighted by atomic mass is 10.2. The molecule has 144 valence electrons. The van der Waals surface area contributed by atoms with E-state index < -0.39 is 0 Å². The summed E-state index contributed by atoms with van der Waals surface area (Å²) in [6.45, 7) is 4.73. The fourth-order valence-corrected chi connectivity index (χ4v) is 3.08. The van der Waals surface area contributed by atoms with E-state index in [0.717, 1.165) is 30.2 Å². The minimum absolute atomic E-state index is 0.0713. The second-order valence-electron chi connectivity index (χ2n) is 6.54. The molecule has 0 saturated carbocycles. The van der Waals surface area contributed by atoms with Gasteiger partial charge in [-0.25, -0.2) is 9.78 Å². The van der Waals surface area contributed by atoms with E-state index in [-0.39, 0.29) is 6.03 Å². The van der Waals surface area contributed by atoms with Gasteiger partial charge in [0.05, 0.1) is 0 Å². The molecule has 0 radical (unpaired) electrons. The number of benzene rings is 1. The average Bonchev–Trinajstić information content (AvgIpc) is 3.24. The number of para-hydroxylation sites is 1. The van der Waals surface area contributed by atoms with Gasteiger partial charge in [0.25, 0.3) is 0 Å². The molecule has 1 fully saturated rings. The number of urea groups is 1. The van der Waals surface area contributed by atoms with Crippen LogP contribution in [0.2, 0.25) is 0 Å². The topological polar surface area (TPSA) is 87.4 Å². The molecule has 28 heavy (non-hydrogen) atoms. The molecule has 0 spiro atoms. The van der Waals surface area contributed by atoms with Gasteiger partial charge >= 0.3 is 6.03 Å². The molecule has 0 atom stereocenters. The van der Waals surface area contributed by atoms with Crippen molar-refractivity contribution in [1.29, 1.82) is 0 Å². The second-order valence-corrected chi connectivity index (χ2v) is 6.54. The van der Waals surface area contributed by atoms with Crippen molar-refractivity contribution in [3.05, 3.63) is 54.6 Å². The summed E-state index contributed by atoms with van der Waals surface area (Å²) in [5.74, 6) is 2.05. The van der Waals surface area contributed by atoms with Gasteiger partial charge in [-0.15, -0.1) is 0 Å². The van der Waals surface area contributed by atoms with Crippen molar-refractivity contribution in [3.63, 3.8) is 0 Å². The molecule has 3 heterocycles. The number of nitrogens with zero attached hydrogens (tertiary/aromatic N) is 5. The van der Waals surface area contributed by atoms with E-state index in [0.29, 0.717) is 31.2 Å². The number of piperazine rings is 1. The third kappa shape index (κ3) is 3.95. The number of aryl methyl sites for hydroxylation is 1. The molecule has 1 aliphatic heterocycles. The Balaban J connectivity index is 1.34. The lowest BCUT2D eigenvalue weighted by Crippen LogP contribution is -2.50. The lowest BCUT2D eigenvalue weighted by molar-refractivity contribution is 0.208. The molecule has 8 heteroatoms. The minimum Gasteiger partial charge on any atom is -0.353 e. The highest BCUT2D eigenvalue weighted by Crippen LogP contribution is 2.20. The third-order valence-electron chi connectivity index (χ3n) is 4.69. The van der Waals surface area contributed by atoms with E-state index in [2.05, 4.69) is 25.3 Å². The van der Waals surface area contributed by atoms with Crippen LogP contribution in [-0.4, -0.2) is 52.2 Å². The van der Waals surface area contributed by atoms with Gasteiger partial charge in [0, 0.05) is 50.0 Å². The van der Waals surface area contributed by atoms with Crippen LogP contribution in [0, 0.1) is 0 Å². The Hall–Kier alpha value is -3.42. The molecule has 4 rings (SSSR count). The molecule has 0 unspecified atom stereocenters. The summed E-state index contributed by atoms with van der Waals surface area (Å²) in [6.07, 6.45) is 2.47. The molecule has 0 bridgehead atoms. The maximum absolute atomic E-state index is 12.4. The summed E-state index contributed by atoms with van der Waals surface area (Å²) >= 11 is 0. The van der Waals surface area contributed by atoms with Crippen molar-refractivity contribution in [2.45, 2.75) is 13.3 Å². The Labute approximate surface area is 163 Å². The van der Waals surface area contributed by atoms with Gasteiger partial charge in [0.1, 0.15) is 5.82 Å². The summed E-state index contributed by atoms with van der Waals surface area (Å²) in [4.78, 5) is 25.2. The quantitative estimate of drug-likeness (QED) is 0.751. The first-order valence-corrected chi connectivity index (χ1v) is 9.38. The van der Waals surface area contributed by atoms with Gasteiger partial charge in [-0.05, 0) is 24.3 Å². The summed E-state index contributed by atoms with van der Waals surface area (Å²) in [5, 5.41) is 6.90. The predicted octanol–water partition coefficient (Wildman–Crippen LogP) is 3.05. The van der Waals surface area contributed by atoms with Crippen LogP contribution in [0.1, 0.15) is 12.8 Å². The smallest absolute Gasteiger partial charge is 0.321 e. The molecule has 1 saturated heterocycles. The number of nitrogens with one attached hydrogen (secondary N) is 1. The number of carbonyl (C=O) groups excluding carboxylic acids is 1. The zero-order chi connectivity index (χ0) is 19.3. The standard InChI is InChI=1S/C20H22N6O2/c1-2-18-23-19(24-28-18)15-8-9-17(21-14-15)25-10-12-26(13-11-25)20(27)22-16-6-4-3-5-7-16/h3-9,14H,2,10-13H2,1H3,(H,22,27). The molecule has 1 aliphatic rings. The molecule has 3 aromatic rings. The van der Waals surface area contributed by atoms with Crippen molar-refractivity contribution in [2.24, 2.45) is 0 Å². The number of rotatable bonds is 4. The van der Waals surface area contributed by atoms with Crippen LogP contribution in [0.5, 0.6) is 0 Å². The number of hydrogen-bond acceptors (Lipinski definition) is 6. The average molecular weight is 378 g/mol. The van der Waals surface area contributed by atoms with Crippen molar-refractivity contribution >= 4 is 17.5 Å². The van der Waals surface area contributed by atoms with E-state index in [1.54, 1.807) is 6.20 Å². The molecule has 2 aromatic heterocycles. The molecule has 1 N–H and O–H groups in total. The number of hydrogen-bond donors (Lipinski definition) is 1. The molecule has 1 aromatic carbocycles. The van der Waals surface area contributed by atoms with Gasteiger partial charge in [-0.3, -0.25) is 0 Å². The summed E-state index contributed by atoms with van der Waals surface area (Å²) < 4.78 is 5.15. The third-order valence-corrected chi connectivity index (χ3v) is 4.69. The number of aromatic nitrogens is 3. The van der Waals surface area contributed by atoms with Crippen molar-refractivity contribution in [2.75, 3.05) is 36.4 Å². The summed E-state index contributed by atoms with van der Waals surface area (Å²) in [7, 11) is 0. The maximum Gasteiger partial charge on any atom is 0.321 e. The number of pyridine rings is 1. The number of anilines is 2. The van der Waals surface area contributed by atoms with Crippen LogP contribution < -0.4 is 10.2 Å². The molecule has 8 nitrogen and oxygen atoms in total. The highest BCUT2D eigenvalue weighted by atomic mass is 16.5. The molecule has 2 amide bonds. The maximum atomic E-state index is 12.4. The van der Waals surface area contributed by atoms with Crippen LogP contribution in [-0.2, 0) is 6.42 Å². The Bertz CT molecular complexity index is 917. The van der Waals surface area contributed by atoms with E-state index in [9.17, 15) is 4.79 Å².